The van der Waals surface area contributed by atoms with Crippen LogP contribution >= 0.6 is 0 Å². The van der Waals surface area contributed by atoms with Crippen LogP contribution in [0.5, 0.6) is 23.0 Å². The van der Waals surface area contributed by atoms with E-state index in [1.807, 2.05) is 24.3 Å². The van der Waals surface area contributed by atoms with Gasteiger partial charge in [-0.05, 0) is 31.0 Å². The van der Waals surface area contributed by atoms with Crippen LogP contribution in [0.4, 0.5) is 0 Å². The van der Waals surface area contributed by atoms with Gasteiger partial charge in [0.15, 0.2) is 0 Å². The zero-order valence-corrected chi connectivity index (χ0v) is 19.2. The van der Waals surface area contributed by atoms with Gasteiger partial charge in [0.25, 0.3) is 0 Å². The van der Waals surface area contributed by atoms with E-state index < -0.39 is 0 Å². The van der Waals surface area contributed by atoms with Gasteiger partial charge >= 0.3 is 0 Å². The molecule has 2 aromatic carbocycles. The van der Waals surface area contributed by atoms with Crippen LogP contribution < -0.4 is 18.9 Å². The molecule has 0 amide bonds. The van der Waals surface area contributed by atoms with Gasteiger partial charge in [-0.1, -0.05) is 51.0 Å². The highest BCUT2D eigenvalue weighted by atomic mass is 16.5. The highest BCUT2D eigenvalue weighted by Gasteiger charge is 2.40. The summed E-state index contributed by atoms with van der Waals surface area (Å²) >= 11 is 0. The zero-order valence-electron chi connectivity index (χ0n) is 19.2. The van der Waals surface area contributed by atoms with Gasteiger partial charge in [-0.25, -0.2) is 0 Å². The lowest BCUT2D eigenvalue weighted by molar-refractivity contribution is 0.139. The fourth-order valence-electron chi connectivity index (χ4n) is 4.67. The summed E-state index contributed by atoms with van der Waals surface area (Å²) in [6, 6.07) is 12.1. The number of aliphatic hydroxyl groups excluding tert-OH is 1. The molecule has 0 unspecified atom stereocenters. The molecular weight excluding hydrogens is 404 g/mol. The number of hydrogen-bond donors (Lipinski definition) is 1. The smallest absolute Gasteiger partial charge is 0.138 e. The molecule has 2 aliphatic rings. The number of fused-ring (bicyclic) bond motifs is 5. The minimum absolute atomic E-state index is 0.0152. The molecule has 5 nitrogen and oxygen atoms in total. The van der Waals surface area contributed by atoms with Crippen LogP contribution in [0.15, 0.2) is 36.4 Å². The quantitative estimate of drug-likeness (QED) is 0.377. The van der Waals surface area contributed by atoms with E-state index in [4.69, 9.17) is 24.1 Å². The molecule has 2 atom stereocenters. The van der Waals surface area contributed by atoms with Gasteiger partial charge in [-0.3, -0.25) is 0 Å². The molecule has 2 heterocycles. The molecule has 0 bridgehead atoms. The predicted octanol–water partition coefficient (Wildman–Crippen LogP) is 6.19. The van der Waals surface area contributed by atoms with E-state index in [1.54, 1.807) is 7.11 Å². The second kappa shape index (κ2) is 11.5. The fourth-order valence-corrected chi connectivity index (χ4v) is 4.67. The Balaban J connectivity index is 1.20. The lowest BCUT2D eigenvalue weighted by Gasteiger charge is -2.28. The van der Waals surface area contributed by atoms with Gasteiger partial charge in [-0.2, -0.15) is 0 Å². The first-order chi connectivity index (χ1) is 15.8. The van der Waals surface area contributed by atoms with E-state index >= 15 is 0 Å². The van der Waals surface area contributed by atoms with Gasteiger partial charge in [-0.15, -0.1) is 0 Å². The molecule has 0 aliphatic carbocycles. The van der Waals surface area contributed by atoms with Crippen LogP contribution in [0.3, 0.4) is 0 Å². The predicted molar refractivity (Wildman–Crippen MR) is 125 cm³/mol. The third-order valence-electron chi connectivity index (χ3n) is 6.52. The molecule has 0 saturated carbocycles. The minimum atomic E-state index is -0.0152. The Labute approximate surface area is 191 Å². The van der Waals surface area contributed by atoms with Crippen molar-refractivity contribution in [3.05, 3.63) is 47.5 Å². The Kier molecular flexibility index (Phi) is 8.16. The number of unbranched alkanes of at least 4 members (excludes halogenated alkanes) is 8. The molecule has 0 spiro atoms. The summed E-state index contributed by atoms with van der Waals surface area (Å²) in [5.74, 6) is 3.64. The van der Waals surface area contributed by atoms with Crippen LogP contribution in [0.1, 0.15) is 80.9 Å². The third-order valence-corrected chi connectivity index (χ3v) is 6.52. The molecular formula is C27H36O5. The Morgan fingerprint density at radius 2 is 1.47 bits per heavy atom. The third kappa shape index (κ3) is 5.50. The maximum absolute atomic E-state index is 8.79. The molecule has 5 heteroatoms. The van der Waals surface area contributed by atoms with Gasteiger partial charge in [0.05, 0.1) is 26.2 Å². The largest absolute Gasteiger partial charge is 0.497 e. The van der Waals surface area contributed by atoms with Crippen molar-refractivity contribution in [3.63, 3.8) is 0 Å². The maximum Gasteiger partial charge on any atom is 0.138 e. The number of benzene rings is 2. The summed E-state index contributed by atoms with van der Waals surface area (Å²) < 4.78 is 23.7. The van der Waals surface area contributed by atoms with Crippen LogP contribution in [0, 0.1) is 0 Å². The molecule has 4 rings (SSSR count). The standard InChI is InChI=1S/C27H36O5/c1-29-20-11-13-22-24-19-31-25-18-21(12-14-23(25)27(24)32-26(22)17-20)30-16-10-8-6-4-2-3-5-7-9-15-28/h11-14,17-18,24,27-28H,2-10,15-16,19H2,1H3/t24-,27-/m1/s1. The molecule has 1 N–H and O–H groups in total. The van der Waals surface area contributed by atoms with Crippen molar-refractivity contribution >= 4 is 0 Å². The summed E-state index contributed by atoms with van der Waals surface area (Å²) in [5, 5.41) is 8.79. The topological polar surface area (TPSA) is 57.2 Å². The van der Waals surface area contributed by atoms with Crippen molar-refractivity contribution in [1.82, 2.24) is 0 Å². The highest BCUT2D eigenvalue weighted by Crippen LogP contribution is 2.52. The normalized spacial score (nSPS) is 18.2. The van der Waals surface area contributed by atoms with Crippen molar-refractivity contribution in [1.29, 1.82) is 0 Å². The molecule has 0 radical (unpaired) electrons. The average molecular weight is 441 g/mol. The summed E-state index contributed by atoms with van der Waals surface area (Å²) in [4.78, 5) is 0. The first-order valence-corrected chi connectivity index (χ1v) is 12.1. The van der Waals surface area contributed by atoms with E-state index in [0.717, 1.165) is 54.4 Å². The molecule has 2 aliphatic heterocycles. The number of methoxy groups -OCH3 is 1. The Morgan fingerprint density at radius 1 is 0.812 bits per heavy atom. The van der Waals surface area contributed by atoms with Gasteiger partial charge in [0, 0.05) is 29.9 Å². The van der Waals surface area contributed by atoms with Crippen molar-refractivity contribution in [2.24, 2.45) is 0 Å². The van der Waals surface area contributed by atoms with E-state index in [2.05, 4.69) is 12.1 Å². The Hall–Kier alpha value is -2.40. The van der Waals surface area contributed by atoms with Crippen LogP contribution in [0.2, 0.25) is 0 Å². The summed E-state index contributed by atoms with van der Waals surface area (Å²) in [7, 11) is 1.67. The molecule has 0 aromatic heterocycles. The number of rotatable bonds is 13. The van der Waals surface area contributed by atoms with Gasteiger partial charge < -0.3 is 24.1 Å². The van der Waals surface area contributed by atoms with Crippen LogP contribution in [-0.4, -0.2) is 32.0 Å². The summed E-state index contributed by atoms with van der Waals surface area (Å²) in [5.41, 5.74) is 2.27. The summed E-state index contributed by atoms with van der Waals surface area (Å²) in [6.07, 6.45) is 10.8. The number of ether oxygens (including phenoxy) is 4. The summed E-state index contributed by atoms with van der Waals surface area (Å²) in [6.45, 7) is 1.68. The molecule has 2 aromatic rings. The molecule has 32 heavy (non-hydrogen) atoms. The van der Waals surface area contributed by atoms with E-state index in [1.165, 1.54) is 44.1 Å². The Bertz CT molecular complexity index is 865. The van der Waals surface area contributed by atoms with Gasteiger partial charge in [0.2, 0.25) is 0 Å². The molecule has 0 fully saturated rings. The van der Waals surface area contributed by atoms with Crippen LogP contribution in [-0.2, 0) is 0 Å². The van der Waals surface area contributed by atoms with E-state index in [-0.39, 0.29) is 12.0 Å². The van der Waals surface area contributed by atoms with Crippen LogP contribution in [0.25, 0.3) is 0 Å². The zero-order chi connectivity index (χ0) is 22.2. The first-order valence-electron chi connectivity index (χ1n) is 12.1. The van der Waals surface area contributed by atoms with Crippen molar-refractivity contribution in [2.45, 2.75) is 69.8 Å². The lowest BCUT2D eigenvalue weighted by atomic mass is 9.89. The van der Waals surface area contributed by atoms with Crippen molar-refractivity contribution < 1.29 is 24.1 Å². The van der Waals surface area contributed by atoms with Crippen molar-refractivity contribution in [3.8, 4) is 23.0 Å². The number of aliphatic hydroxyl groups is 1. The monoisotopic (exact) mass is 440 g/mol. The second-order valence-corrected chi connectivity index (χ2v) is 8.81. The second-order valence-electron chi connectivity index (χ2n) is 8.81. The highest BCUT2D eigenvalue weighted by molar-refractivity contribution is 5.52. The van der Waals surface area contributed by atoms with Gasteiger partial charge in [0.1, 0.15) is 29.1 Å². The van der Waals surface area contributed by atoms with Crippen molar-refractivity contribution in [2.75, 3.05) is 26.9 Å². The fraction of sp³-hybridized carbons (Fsp3) is 0.556. The maximum atomic E-state index is 8.79. The van der Waals surface area contributed by atoms with E-state index in [0.29, 0.717) is 13.2 Å². The minimum Gasteiger partial charge on any atom is -0.497 e. The Morgan fingerprint density at radius 3 is 2.22 bits per heavy atom. The average Bonchev–Trinajstić information content (AvgIpc) is 3.20. The lowest BCUT2D eigenvalue weighted by Crippen LogP contribution is -2.23. The molecule has 174 valence electrons. The SMILES string of the molecule is COc1ccc2c(c1)O[C@@H]1c3ccc(OCCCCCCCCCCCO)cc3OC[C@H]21. The first kappa shape index (κ1) is 22.8. The molecule has 0 saturated heterocycles. The number of hydrogen-bond acceptors (Lipinski definition) is 5. The van der Waals surface area contributed by atoms with E-state index in [9.17, 15) is 0 Å².